The van der Waals surface area contributed by atoms with Gasteiger partial charge in [-0.25, -0.2) is 12.4 Å². The van der Waals surface area contributed by atoms with E-state index in [2.05, 4.69) is 0 Å². The topological polar surface area (TPSA) is 91.4 Å². The fraction of sp³-hybridized carbons (Fsp3) is 0.167. The summed E-state index contributed by atoms with van der Waals surface area (Å²) in [5.41, 5.74) is 7.94. The third-order valence-electron chi connectivity index (χ3n) is 4.08. The highest BCUT2D eigenvalue weighted by atomic mass is 32.2. The number of aromatic nitrogens is 1. The van der Waals surface area contributed by atoms with Crippen LogP contribution in [0.5, 0.6) is 5.75 Å². The zero-order valence-corrected chi connectivity index (χ0v) is 14.7. The summed E-state index contributed by atoms with van der Waals surface area (Å²) in [7, 11) is -2.40. The molecule has 2 aromatic carbocycles. The molecule has 7 heteroatoms. The van der Waals surface area contributed by atoms with Gasteiger partial charge in [0.1, 0.15) is 5.75 Å². The lowest BCUT2D eigenvalue weighted by molar-refractivity contribution is 0.112. The number of carbonyl (C=O) groups is 1. The maximum absolute atomic E-state index is 13.2. The van der Waals surface area contributed by atoms with Crippen molar-refractivity contribution in [3.05, 3.63) is 59.3 Å². The summed E-state index contributed by atoms with van der Waals surface area (Å²) in [5.74, 6) is 0.310. The van der Waals surface area contributed by atoms with Crippen LogP contribution in [0.3, 0.4) is 0 Å². The molecule has 0 atom stereocenters. The minimum absolute atomic E-state index is 0.0402. The highest BCUT2D eigenvalue weighted by Crippen LogP contribution is 2.31. The molecule has 3 rings (SSSR count). The average Bonchev–Trinajstić information content (AvgIpc) is 2.98. The van der Waals surface area contributed by atoms with Crippen LogP contribution in [0.25, 0.3) is 10.9 Å². The van der Waals surface area contributed by atoms with Gasteiger partial charge in [-0.05, 0) is 31.2 Å². The van der Waals surface area contributed by atoms with Crippen LogP contribution in [0.2, 0.25) is 0 Å². The van der Waals surface area contributed by atoms with Crippen LogP contribution < -0.4 is 10.5 Å². The Morgan fingerprint density at radius 3 is 2.40 bits per heavy atom. The van der Waals surface area contributed by atoms with Crippen LogP contribution in [-0.2, 0) is 16.6 Å². The Kier molecular flexibility index (Phi) is 4.36. The molecule has 0 amide bonds. The minimum atomic E-state index is -3.83. The Bertz CT molecular complexity index is 1050. The van der Waals surface area contributed by atoms with E-state index in [4.69, 9.17) is 10.5 Å². The first-order valence-corrected chi connectivity index (χ1v) is 9.06. The maximum Gasteiger partial charge on any atom is 0.268 e. The number of ether oxygens (including phenoxy) is 1. The summed E-state index contributed by atoms with van der Waals surface area (Å²) < 4.78 is 32.7. The SMILES string of the molecule is COc1cc2c(cc1C=O)cc(CN)n2S(=O)(=O)c1ccc(C)cc1. The zero-order chi connectivity index (χ0) is 18.2. The van der Waals surface area contributed by atoms with Crippen molar-refractivity contribution in [1.82, 2.24) is 3.97 Å². The highest BCUT2D eigenvalue weighted by Gasteiger charge is 2.23. The lowest BCUT2D eigenvalue weighted by Gasteiger charge is -2.12. The van der Waals surface area contributed by atoms with Crippen LogP contribution in [0.1, 0.15) is 21.6 Å². The average molecular weight is 358 g/mol. The lowest BCUT2D eigenvalue weighted by Crippen LogP contribution is -2.17. The number of fused-ring (bicyclic) bond motifs is 1. The second kappa shape index (κ2) is 6.34. The van der Waals surface area contributed by atoms with Gasteiger partial charge in [0, 0.05) is 23.7 Å². The molecule has 3 aromatic rings. The molecular weight excluding hydrogens is 340 g/mol. The first-order valence-electron chi connectivity index (χ1n) is 7.62. The molecule has 6 nitrogen and oxygen atoms in total. The third kappa shape index (κ3) is 2.81. The van der Waals surface area contributed by atoms with Crippen molar-refractivity contribution < 1.29 is 17.9 Å². The number of nitrogens with two attached hydrogens (primary N) is 1. The number of nitrogens with zero attached hydrogens (tertiary/aromatic N) is 1. The Hall–Kier alpha value is -2.64. The molecule has 25 heavy (non-hydrogen) atoms. The van der Waals surface area contributed by atoms with Gasteiger partial charge in [-0.15, -0.1) is 0 Å². The van der Waals surface area contributed by atoms with Crippen molar-refractivity contribution in [1.29, 1.82) is 0 Å². The van der Waals surface area contributed by atoms with E-state index in [0.29, 0.717) is 34.2 Å². The normalized spacial score (nSPS) is 11.6. The van der Waals surface area contributed by atoms with Gasteiger partial charge in [-0.3, -0.25) is 4.79 Å². The number of rotatable bonds is 5. The molecule has 0 aliphatic heterocycles. The van der Waals surface area contributed by atoms with E-state index in [1.54, 1.807) is 42.5 Å². The van der Waals surface area contributed by atoms with E-state index >= 15 is 0 Å². The Labute approximate surface area is 145 Å². The van der Waals surface area contributed by atoms with Crippen LogP contribution in [0.15, 0.2) is 47.4 Å². The van der Waals surface area contributed by atoms with Crippen molar-refractivity contribution in [3.63, 3.8) is 0 Å². The molecule has 1 heterocycles. The van der Waals surface area contributed by atoms with Crippen LogP contribution in [0.4, 0.5) is 0 Å². The van der Waals surface area contributed by atoms with E-state index in [1.807, 2.05) is 6.92 Å². The molecule has 0 radical (unpaired) electrons. The minimum Gasteiger partial charge on any atom is -0.496 e. The number of hydrogen-bond acceptors (Lipinski definition) is 5. The largest absolute Gasteiger partial charge is 0.496 e. The molecule has 130 valence electrons. The highest BCUT2D eigenvalue weighted by molar-refractivity contribution is 7.90. The summed E-state index contributed by atoms with van der Waals surface area (Å²) >= 11 is 0. The maximum atomic E-state index is 13.2. The fourth-order valence-electron chi connectivity index (χ4n) is 2.80. The van der Waals surface area contributed by atoms with Gasteiger partial charge in [0.25, 0.3) is 10.0 Å². The molecule has 1 aromatic heterocycles. The van der Waals surface area contributed by atoms with Crippen molar-refractivity contribution in [3.8, 4) is 5.75 Å². The summed E-state index contributed by atoms with van der Waals surface area (Å²) in [6, 6.07) is 11.4. The van der Waals surface area contributed by atoms with Gasteiger partial charge in [0.2, 0.25) is 0 Å². The van der Waals surface area contributed by atoms with Crippen molar-refractivity contribution >= 4 is 27.2 Å². The second-order valence-electron chi connectivity index (χ2n) is 5.69. The fourth-order valence-corrected chi connectivity index (χ4v) is 4.34. The number of hydrogen-bond donors (Lipinski definition) is 1. The number of aryl methyl sites for hydroxylation is 1. The van der Waals surface area contributed by atoms with Gasteiger partial charge in [-0.1, -0.05) is 17.7 Å². The van der Waals surface area contributed by atoms with Crippen LogP contribution in [-0.4, -0.2) is 25.8 Å². The smallest absolute Gasteiger partial charge is 0.268 e. The van der Waals surface area contributed by atoms with Crippen molar-refractivity contribution in [2.24, 2.45) is 5.73 Å². The van der Waals surface area contributed by atoms with Gasteiger partial charge < -0.3 is 10.5 Å². The molecule has 2 N–H and O–H groups in total. The number of methoxy groups -OCH3 is 1. The van der Waals surface area contributed by atoms with E-state index in [9.17, 15) is 13.2 Å². The molecule has 0 aliphatic rings. The molecule has 0 saturated carbocycles. The van der Waals surface area contributed by atoms with Crippen molar-refractivity contribution in [2.45, 2.75) is 18.4 Å². The van der Waals surface area contributed by atoms with E-state index in [1.165, 1.54) is 11.1 Å². The van der Waals surface area contributed by atoms with Gasteiger partial charge in [0.15, 0.2) is 6.29 Å². The number of benzene rings is 2. The van der Waals surface area contributed by atoms with Crippen LogP contribution in [0, 0.1) is 6.92 Å². The first-order chi connectivity index (χ1) is 11.9. The van der Waals surface area contributed by atoms with E-state index in [-0.39, 0.29) is 11.4 Å². The molecule has 0 aliphatic carbocycles. The van der Waals surface area contributed by atoms with E-state index < -0.39 is 10.0 Å². The molecular formula is C18H18N2O4S. The predicted octanol–water partition coefficient (Wildman–Crippen LogP) is 2.47. The monoisotopic (exact) mass is 358 g/mol. The molecule has 0 spiro atoms. The predicted molar refractivity (Wildman–Crippen MR) is 95.5 cm³/mol. The standard InChI is InChI=1S/C18H18N2O4S/c1-12-3-5-16(6-4-12)25(22,23)20-15(10-19)8-13-7-14(11-21)18(24-2)9-17(13)20/h3-9,11H,10,19H2,1-2H3. The summed E-state index contributed by atoms with van der Waals surface area (Å²) in [5, 5.41) is 0.610. The van der Waals surface area contributed by atoms with Crippen LogP contribution >= 0.6 is 0 Å². The molecule has 0 saturated heterocycles. The Morgan fingerprint density at radius 1 is 1.16 bits per heavy atom. The third-order valence-corrected chi connectivity index (χ3v) is 5.86. The van der Waals surface area contributed by atoms with Gasteiger partial charge in [-0.2, -0.15) is 0 Å². The molecule has 0 fully saturated rings. The summed E-state index contributed by atoms with van der Waals surface area (Å²) in [6.45, 7) is 1.93. The lowest BCUT2D eigenvalue weighted by atomic mass is 10.1. The summed E-state index contributed by atoms with van der Waals surface area (Å²) in [6.07, 6.45) is 0.673. The first kappa shape index (κ1) is 17.2. The quantitative estimate of drug-likeness (QED) is 0.708. The van der Waals surface area contributed by atoms with Gasteiger partial charge in [0.05, 0.1) is 23.1 Å². The summed E-state index contributed by atoms with van der Waals surface area (Å²) in [4.78, 5) is 11.4. The zero-order valence-electron chi connectivity index (χ0n) is 13.9. The van der Waals surface area contributed by atoms with Gasteiger partial charge >= 0.3 is 0 Å². The Morgan fingerprint density at radius 2 is 1.84 bits per heavy atom. The second-order valence-corrected chi connectivity index (χ2v) is 7.48. The number of aldehydes is 1. The van der Waals surface area contributed by atoms with Crippen molar-refractivity contribution in [2.75, 3.05) is 7.11 Å². The van der Waals surface area contributed by atoms with E-state index in [0.717, 1.165) is 5.56 Å². The molecule has 0 bridgehead atoms. The molecule has 0 unspecified atom stereocenters. The number of carbonyl (C=O) groups excluding carboxylic acids is 1. The Balaban J connectivity index is 2.34.